The van der Waals surface area contributed by atoms with E-state index < -0.39 is 0 Å². The first-order valence-corrected chi connectivity index (χ1v) is 9.75. The van der Waals surface area contributed by atoms with Crippen molar-refractivity contribution in [1.82, 2.24) is 4.90 Å². The SMILES string of the molecule is CC(C)(C)c1ccc(OCC(=O)N2CCN(c3ccccc3[N+](=O)[O-])CC2)cc1. The highest BCUT2D eigenvalue weighted by atomic mass is 16.6. The topological polar surface area (TPSA) is 75.9 Å². The van der Waals surface area contributed by atoms with Crippen LogP contribution >= 0.6 is 0 Å². The quantitative estimate of drug-likeness (QED) is 0.569. The van der Waals surface area contributed by atoms with Crippen LogP contribution in [0.3, 0.4) is 0 Å². The molecule has 1 heterocycles. The molecule has 0 radical (unpaired) electrons. The van der Waals surface area contributed by atoms with E-state index in [4.69, 9.17) is 4.74 Å². The molecule has 0 N–H and O–H groups in total. The van der Waals surface area contributed by atoms with E-state index in [0.29, 0.717) is 37.6 Å². The normalized spacial score (nSPS) is 14.6. The number of nitrogens with zero attached hydrogens (tertiary/aromatic N) is 3. The van der Waals surface area contributed by atoms with Gasteiger partial charge in [0.25, 0.3) is 11.6 Å². The molecule has 0 saturated carbocycles. The van der Waals surface area contributed by atoms with E-state index in [1.807, 2.05) is 29.2 Å². The van der Waals surface area contributed by atoms with Crippen molar-refractivity contribution in [3.63, 3.8) is 0 Å². The maximum absolute atomic E-state index is 12.5. The molecule has 1 aliphatic heterocycles. The van der Waals surface area contributed by atoms with Crippen molar-refractivity contribution in [3.8, 4) is 5.75 Å². The first-order chi connectivity index (χ1) is 13.8. The highest BCUT2D eigenvalue weighted by molar-refractivity contribution is 5.78. The lowest BCUT2D eigenvalue weighted by Gasteiger charge is -2.35. The number of amides is 1. The molecule has 154 valence electrons. The molecule has 2 aromatic rings. The third-order valence-electron chi connectivity index (χ3n) is 5.13. The van der Waals surface area contributed by atoms with Crippen molar-refractivity contribution in [2.75, 3.05) is 37.7 Å². The average molecular weight is 397 g/mol. The predicted molar refractivity (Wildman–Crippen MR) is 113 cm³/mol. The summed E-state index contributed by atoms with van der Waals surface area (Å²) in [6, 6.07) is 14.5. The van der Waals surface area contributed by atoms with Gasteiger partial charge in [-0.05, 0) is 29.2 Å². The van der Waals surface area contributed by atoms with Crippen LogP contribution in [0.5, 0.6) is 5.75 Å². The Labute approximate surface area is 171 Å². The molecule has 2 aromatic carbocycles. The highest BCUT2D eigenvalue weighted by Gasteiger charge is 2.25. The van der Waals surface area contributed by atoms with Crippen molar-refractivity contribution in [1.29, 1.82) is 0 Å². The molecule has 7 nitrogen and oxygen atoms in total. The highest BCUT2D eigenvalue weighted by Crippen LogP contribution is 2.28. The van der Waals surface area contributed by atoms with Crippen LogP contribution in [-0.2, 0) is 10.2 Å². The van der Waals surface area contributed by atoms with Crippen LogP contribution in [0.2, 0.25) is 0 Å². The van der Waals surface area contributed by atoms with Gasteiger partial charge in [0.15, 0.2) is 6.61 Å². The number of benzene rings is 2. The number of ether oxygens (including phenoxy) is 1. The number of carbonyl (C=O) groups excluding carboxylic acids is 1. The van der Waals surface area contributed by atoms with Gasteiger partial charge in [-0.25, -0.2) is 0 Å². The summed E-state index contributed by atoms with van der Waals surface area (Å²) in [7, 11) is 0. The zero-order valence-corrected chi connectivity index (χ0v) is 17.1. The first-order valence-electron chi connectivity index (χ1n) is 9.75. The smallest absolute Gasteiger partial charge is 0.292 e. The minimum absolute atomic E-state index is 0.0135. The number of hydrogen-bond donors (Lipinski definition) is 0. The Morgan fingerprint density at radius 3 is 2.24 bits per heavy atom. The Hall–Kier alpha value is -3.09. The van der Waals surface area contributed by atoms with E-state index in [1.165, 1.54) is 11.6 Å². The van der Waals surface area contributed by atoms with Gasteiger partial charge in [-0.1, -0.05) is 45.0 Å². The molecule has 0 atom stereocenters. The fourth-order valence-corrected chi connectivity index (χ4v) is 3.37. The van der Waals surface area contributed by atoms with Crippen molar-refractivity contribution in [2.24, 2.45) is 0 Å². The fourth-order valence-electron chi connectivity index (χ4n) is 3.37. The zero-order valence-electron chi connectivity index (χ0n) is 17.1. The van der Waals surface area contributed by atoms with Crippen LogP contribution in [0, 0.1) is 10.1 Å². The Kier molecular flexibility index (Phi) is 6.06. The maximum Gasteiger partial charge on any atom is 0.292 e. The molecular formula is C22H27N3O4. The Morgan fingerprint density at radius 2 is 1.66 bits per heavy atom. The van der Waals surface area contributed by atoms with Crippen LogP contribution in [0.4, 0.5) is 11.4 Å². The average Bonchev–Trinajstić information content (AvgIpc) is 2.71. The van der Waals surface area contributed by atoms with Crippen molar-refractivity contribution >= 4 is 17.3 Å². The van der Waals surface area contributed by atoms with Crippen LogP contribution < -0.4 is 9.64 Å². The monoisotopic (exact) mass is 397 g/mol. The van der Waals surface area contributed by atoms with E-state index in [1.54, 1.807) is 23.1 Å². The van der Waals surface area contributed by atoms with Gasteiger partial charge in [-0.15, -0.1) is 0 Å². The van der Waals surface area contributed by atoms with Crippen LogP contribution in [-0.4, -0.2) is 48.5 Å². The molecule has 1 amide bonds. The number of hydrogen-bond acceptors (Lipinski definition) is 5. The standard InChI is InChI=1S/C22H27N3O4/c1-22(2,3)17-8-10-18(11-9-17)29-16-21(26)24-14-12-23(13-15-24)19-6-4-5-7-20(19)25(27)28/h4-11H,12-16H2,1-3H3. The molecule has 1 fully saturated rings. The van der Waals surface area contributed by atoms with Crippen molar-refractivity contribution in [2.45, 2.75) is 26.2 Å². The second-order valence-electron chi connectivity index (χ2n) is 8.18. The number of anilines is 1. The maximum atomic E-state index is 12.5. The fraction of sp³-hybridized carbons (Fsp3) is 0.409. The van der Waals surface area contributed by atoms with Crippen molar-refractivity contribution < 1.29 is 14.5 Å². The minimum Gasteiger partial charge on any atom is -0.484 e. The first kappa shape index (κ1) is 20.6. The van der Waals surface area contributed by atoms with Gasteiger partial charge in [0.1, 0.15) is 11.4 Å². The lowest BCUT2D eigenvalue weighted by atomic mass is 9.87. The summed E-state index contributed by atoms with van der Waals surface area (Å²) >= 11 is 0. The Balaban J connectivity index is 1.52. The molecule has 7 heteroatoms. The third-order valence-corrected chi connectivity index (χ3v) is 5.13. The molecule has 0 bridgehead atoms. The van der Waals surface area contributed by atoms with Crippen LogP contribution in [0.1, 0.15) is 26.3 Å². The molecule has 0 aromatic heterocycles. The Bertz CT molecular complexity index is 866. The summed E-state index contributed by atoms with van der Waals surface area (Å²) in [5.41, 5.74) is 1.97. The minimum atomic E-state index is -0.369. The predicted octanol–water partition coefficient (Wildman–Crippen LogP) is 3.62. The second-order valence-corrected chi connectivity index (χ2v) is 8.18. The molecule has 0 spiro atoms. The molecule has 0 unspecified atom stereocenters. The lowest BCUT2D eigenvalue weighted by Crippen LogP contribution is -2.50. The number of carbonyl (C=O) groups is 1. The van der Waals surface area contributed by atoms with Gasteiger partial charge >= 0.3 is 0 Å². The number of para-hydroxylation sites is 2. The zero-order chi connectivity index (χ0) is 21.0. The largest absolute Gasteiger partial charge is 0.484 e. The molecule has 29 heavy (non-hydrogen) atoms. The van der Waals surface area contributed by atoms with Gasteiger partial charge in [-0.3, -0.25) is 14.9 Å². The Morgan fingerprint density at radius 1 is 1.03 bits per heavy atom. The summed E-state index contributed by atoms with van der Waals surface area (Å²) in [6.45, 7) is 8.56. The molecule has 3 rings (SSSR count). The van der Waals surface area contributed by atoms with Gasteiger partial charge in [0.2, 0.25) is 0 Å². The van der Waals surface area contributed by atoms with Gasteiger partial charge in [-0.2, -0.15) is 0 Å². The lowest BCUT2D eigenvalue weighted by molar-refractivity contribution is -0.384. The number of rotatable bonds is 5. The summed E-state index contributed by atoms with van der Waals surface area (Å²) in [6.07, 6.45) is 0. The van der Waals surface area contributed by atoms with E-state index in [2.05, 4.69) is 20.8 Å². The summed E-state index contributed by atoms with van der Waals surface area (Å²) in [5, 5.41) is 11.2. The third kappa shape index (κ3) is 5.04. The van der Waals surface area contributed by atoms with E-state index >= 15 is 0 Å². The second kappa shape index (κ2) is 8.51. The van der Waals surface area contributed by atoms with E-state index in [-0.39, 0.29) is 28.5 Å². The number of piperazine rings is 1. The molecule has 1 aliphatic rings. The van der Waals surface area contributed by atoms with Gasteiger partial charge < -0.3 is 14.5 Å². The van der Waals surface area contributed by atoms with Crippen molar-refractivity contribution in [3.05, 3.63) is 64.2 Å². The van der Waals surface area contributed by atoms with Gasteiger partial charge in [0, 0.05) is 32.2 Å². The van der Waals surface area contributed by atoms with E-state index in [9.17, 15) is 14.9 Å². The number of nitro benzene ring substituents is 1. The number of nitro groups is 1. The van der Waals surface area contributed by atoms with E-state index in [0.717, 1.165) is 0 Å². The molecule has 1 saturated heterocycles. The molecule has 0 aliphatic carbocycles. The van der Waals surface area contributed by atoms with Crippen LogP contribution in [0.15, 0.2) is 48.5 Å². The molecular weight excluding hydrogens is 370 g/mol. The van der Waals surface area contributed by atoms with Gasteiger partial charge in [0.05, 0.1) is 4.92 Å². The summed E-state index contributed by atoms with van der Waals surface area (Å²) in [5.74, 6) is 0.594. The summed E-state index contributed by atoms with van der Waals surface area (Å²) in [4.78, 5) is 27.0. The van der Waals surface area contributed by atoms with Crippen LogP contribution in [0.25, 0.3) is 0 Å². The summed E-state index contributed by atoms with van der Waals surface area (Å²) < 4.78 is 5.66.